The standard InChI is InChI=1S/C15H19ClFN5O5/c1-6(2)3-25-14(26-5-23)10-9(24)7(17)13(27-10)22-4-19-8-11(18)20-15(16)21-12(8)22/h4-7,9-10,13-14,24H,3H2,1-2H3,(H2,18,20,21)/t7-,9-,10+,13+,14?/m0/s1. The zero-order chi connectivity index (χ0) is 19.7. The summed E-state index contributed by atoms with van der Waals surface area (Å²) in [7, 11) is 0. The smallest absolute Gasteiger partial charge is 0.295 e. The van der Waals surface area contributed by atoms with Crippen LogP contribution in [-0.4, -0.2) is 62.4 Å². The number of ether oxygens (including phenoxy) is 3. The summed E-state index contributed by atoms with van der Waals surface area (Å²) in [4.78, 5) is 22.6. The molecule has 0 aromatic carbocycles. The Hall–Kier alpha value is -2.08. The molecule has 0 saturated carbocycles. The number of halogens is 2. The van der Waals surface area contributed by atoms with Crippen molar-refractivity contribution in [3.8, 4) is 0 Å². The summed E-state index contributed by atoms with van der Waals surface area (Å²) >= 11 is 5.81. The fraction of sp³-hybridized carbons (Fsp3) is 0.600. The molecule has 2 aromatic heterocycles. The molecular weight excluding hydrogens is 385 g/mol. The summed E-state index contributed by atoms with van der Waals surface area (Å²) in [6.07, 6.45) is -6.06. The van der Waals surface area contributed by atoms with Crippen molar-refractivity contribution in [1.29, 1.82) is 0 Å². The molecule has 5 atom stereocenters. The second-order valence-corrected chi connectivity index (χ2v) is 6.79. The number of hydrogen-bond acceptors (Lipinski definition) is 9. The van der Waals surface area contributed by atoms with Gasteiger partial charge in [0.2, 0.25) is 11.6 Å². The molecule has 3 N–H and O–H groups in total. The Labute approximate surface area is 158 Å². The fourth-order valence-corrected chi connectivity index (χ4v) is 2.93. The molecule has 1 aliphatic heterocycles. The number of anilines is 1. The van der Waals surface area contributed by atoms with E-state index in [0.717, 1.165) is 0 Å². The number of aliphatic hydroxyl groups excluding tert-OH is 1. The number of nitrogens with zero attached hydrogens (tertiary/aromatic N) is 4. The van der Waals surface area contributed by atoms with Crippen LogP contribution in [0.15, 0.2) is 6.33 Å². The summed E-state index contributed by atoms with van der Waals surface area (Å²) in [5.41, 5.74) is 6.10. The van der Waals surface area contributed by atoms with E-state index >= 15 is 0 Å². The molecule has 0 amide bonds. The van der Waals surface area contributed by atoms with Crippen LogP contribution in [0.4, 0.5) is 10.2 Å². The Morgan fingerprint density at radius 3 is 2.93 bits per heavy atom. The highest BCUT2D eigenvalue weighted by molar-refractivity contribution is 6.28. The Bertz CT molecular complexity index is 821. The van der Waals surface area contributed by atoms with Crippen LogP contribution in [0.25, 0.3) is 11.2 Å². The number of fused-ring (bicyclic) bond motifs is 1. The molecule has 0 bridgehead atoms. The van der Waals surface area contributed by atoms with Gasteiger partial charge in [0, 0.05) is 0 Å². The summed E-state index contributed by atoms with van der Waals surface area (Å²) in [5, 5.41) is 10.1. The number of hydrogen-bond donors (Lipinski definition) is 2. The number of carbonyl (C=O) groups excluding carboxylic acids is 1. The van der Waals surface area contributed by atoms with Crippen molar-refractivity contribution in [3.63, 3.8) is 0 Å². The maximum Gasteiger partial charge on any atom is 0.295 e. The van der Waals surface area contributed by atoms with Gasteiger partial charge in [-0.05, 0) is 17.5 Å². The van der Waals surface area contributed by atoms with Crippen molar-refractivity contribution >= 4 is 35.1 Å². The zero-order valence-corrected chi connectivity index (χ0v) is 15.3. The molecule has 0 spiro atoms. The molecular formula is C15H19ClFN5O5. The SMILES string of the molecule is CC(C)COC(OC=O)[C@@H]1O[C@@H](n2cnc3c(N)nc(Cl)nc32)[C@@H](F)[C@@H]1O. The van der Waals surface area contributed by atoms with Gasteiger partial charge < -0.3 is 25.1 Å². The lowest BCUT2D eigenvalue weighted by Gasteiger charge is -2.24. The van der Waals surface area contributed by atoms with Gasteiger partial charge in [-0.3, -0.25) is 9.36 Å². The van der Waals surface area contributed by atoms with Crippen molar-refractivity contribution in [2.75, 3.05) is 12.3 Å². The molecule has 1 unspecified atom stereocenters. The second kappa shape index (κ2) is 7.89. The summed E-state index contributed by atoms with van der Waals surface area (Å²) in [6, 6.07) is 0. The van der Waals surface area contributed by atoms with Gasteiger partial charge in [0.25, 0.3) is 6.47 Å². The molecule has 0 aliphatic carbocycles. The maximum atomic E-state index is 14.8. The van der Waals surface area contributed by atoms with Crippen LogP contribution in [0.1, 0.15) is 20.1 Å². The molecule has 1 aliphatic rings. The Balaban J connectivity index is 1.89. The van der Waals surface area contributed by atoms with Crippen LogP contribution in [0.3, 0.4) is 0 Å². The van der Waals surface area contributed by atoms with Gasteiger partial charge in [-0.2, -0.15) is 9.97 Å². The van der Waals surface area contributed by atoms with E-state index in [2.05, 4.69) is 15.0 Å². The summed E-state index contributed by atoms with van der Waals surface area (Å²) in [6.45, 7) is 4.15. The van der Waals surface area contributed by atoms with Crippen LogP contribution in [0, 0.1) is 5.92 Å². The van der Waals surface area contributed by atoms with Crippen molar-refractivity contribution in [2.24, 2.45) is 5.92 Å². The van der Waals surface area contributed by atoms with E-state index in [9.17, 15) is 14.3 Å². The van der Waals surface area contributed by atoms with Crippen molar-refractivity contribution in [3.05, 3.63) is 11.6 Å². The monoisotopic (exact) mass is 403 g/mol. The number of aliphatic hydroxyl groups is 1. The maximum absolute atomic E-state index is 14.8. The number of rotatable bonds is 7. The van der Waals surface area contributed by atoms with Gasteiger partial charge >= 0.3 is 0 Å². The van der Waals surface area contributed by atoms with Crippen molar-refractivity contribution in [1.82, 2.24) is 19.5 Å². The third-order valence-electron chi connectivity index (χ3n) is 3.98. The topological polar surface area (TPSA) is 135 Å². The van der Waals surface area contributed by atoms with Crippen LogP contribution in [-0.2, 0) is 19.0 Å². The minimum absolute atomic E-state index is 0.0247. The highest BCUT2D eigenvalue weighted by Crippen LogP contribution is 2.36. The predicted octanol–water partition coefficient (Wildman–Crippen LogP) is 0.830. The number of nitrogen functional groups attached to an aromatic ring is 1. The van der Waals surface area contributed by atoms with Gasteiger partial charge in [0.05, 0.1) is 12.9 Å². The number of aromatic nitrogens is 4. The lowest BCUT2D eigenvalue weighted by Crippen LogP contribution is -2.41. The summed E-state index contributed by atoms with van der Waals surface area (Å²) in [5.74, 6) is 0.148. The first-order valence-corrected chi connectivity index (χ1v) is 8.55. The van der Waals surface area contributed by atoms with Crippen LogP contribution >= 0.6 is 11.6 Å². The third-order valence-corrected chi connectivity index (χ3v) is 4.15. The number of nitrogens with two attached hydrogens (primary N) is 1. The minimum atomic E-state index is -1.87. The van der Waals surface area contributed by atoms with E-state index in [1.807, 2.05) is 13.8 Å². The first-order chi connectivity index (χ1) is 12.8. The summed E-state index contributed by atoms with van der Waals surface area (Å²) < 4.78 is 31.9. The average molecular weight is 404 g/mol. The first-order valence-electron chi connectivity index (χ1n) is 8.17. The largest absolute Gasteiger partial charge is 0.435 e. The highest BCUT2D eigenvalue weighted by atomic mass is 35.5. The Morgan fingerprint density at radius 1 is 1.52 bits per heavy atom. The molecule has 148 valence electrons. The molecule has 12 heteroatoms. The van der Waals surface area contributed by atoms with Gasteiger partial charge in [0.1, 0.15) is 11.6 Å². The quantitative estimate of drug-likeness (QED) is 0.391. The van der Waals surface area contributed by atoms with E-state index in [0.29, 0.717) is 0 Å². The zero-order valence-electron chi connectivity index (χ0n) is 14.5. The first kappa shape index (κ1) is 19.7. The third kappa shape index (κ3) is 3.81. The molecule has 1 saturated heterocycles. The molecule has 3 rings (SSSR count). The highest BCUT2D eigenvalue weighted by Gasteiger charge is 2.50. The Morgan fingerprint density at radius 2 is 2.26 bits per heavy atom. The lowest BCUT2D eigenvalue weighted by atomic mass is 10.1. The molecule has 2 aromatic rings. The van der Waals surface area contributed by atoms with E-state index in [-0.39, 0.29) is 41.3 Å². The Kier molecular flexibility index (Phi) is 5.75. The molecule has 3 heterocycles. The lowest BCUT2D eigenvalue weighted by molar-refractivity contribution is -0.214. The van der Waals surface area contributed by atoms with E-state index in [4.69, 9.17) is 31.5 Å². The molecule has 0 radical (unpaired) electrons. The van der Waals surface area contributed by atoms with E-state index in [1.54, 1.807) is 0 Å². The predicted molar refractivity (Wildman–Crippen MR) is 91.3 cm³/mol. The minimum Gasteiger partial charge on any atom is -0.435 e. The van der Waals surface area contributed by atoms with Gasteiger partial charge in [-0.1, -0.05) is 13.8 Å². The van der Waals surface area contributed by atoms with E-state index in [1.165, 1.54) is 10.9 Å². The molecule has 10 nitrogen and oxygen atoms in total. The molecule has 27 heavy (non-hydrogen) atoms. The normalized spacial score (nSPS) is 26.6. The van der Waals surface area contributed by atoms with Gasteiger partial charge in [-0.15, -0.1) is 0 Å². The van der Waals surface area contributed by atoms with Crippen molar-refractivity contribution < 1.29 is 28.5 Å². The second-order valence-electron chi connectivity index (χ2n) is 6.46. The van der Waals surface area contributed by atoms with E-state index < -0.39 is 30.9 Å². The average Bonchev–Trinajstić information content (AvgIpc) is 3.14. The fourth-order valence-electron chi connectivity index (χ4n) is 2.76. The number of carbonyl (C=O) groups is 1. The van der Waals surface area contributed by atoms with Gasteiger partial charge in [0.15, 0.2) is 30.0 Å². The van der Waals surface area contributed by atoms with Crippen LogP contribution in [0.2, 0.25) is 5.28 Å². The van der Waals surface area contributed by atoms with Gasteiger partial charge in [-0.25, -0.2) is 9.37 Å². The van der Waals surface area contributed by atoms with Crippen molar-refractivity contribution in [2.45, 2.75) is 44.7 Å². The number of imidazole rings is 1. The van der Waals surface area contributed by atoms with Crippen LogP contribution < -0.4 is 5.73 Å². The van der Waals surface area contributed by atoms with Crippen LogP contribution in [0.5, 0.6) is 0 Å². The molecule has 1 fully saturated rings. The number of alkyl halides is 1.